The smallest absolute Gasteiger partial charge is 0.232 e. The molecule has 2 amide bonds. The minimum Gasteiger partial charge on any atom is -0.381 e. The first-order valence-electron chi connectivity index (χ1n) is 7.94. The molecule has 22 heavy (non-hydrogen) atoms. The molecule has 4 heterocycles. The summed E-state index contributed by atoms with van der Waals surface area (Å²) < 4.78 is 5.33. The predicted molar refractivity (Wildman–Crippen MR) is 83.8 cm³/mol. The number of likely N-dealkylation sites (tertiary alicyclic amines) is 1. The van der Waals surface area contributed by atoms with E-state index in [1.807, 2.05) is 26.6 Å². The quantitative estimate of drug-likeness (QED) is 0.831. The Morgan fingerprint density at radius 1 is 1.23 bits per heavy atom. The van der Waals surface area contributed by atoms with Gasteiger partial charge in [-0.3, -0.25) is 9.59 Å². The number of amides is 2. The number of fused-ring (bicyclic) bond motifs is 1. The van der Waals surface area contributed by atoms with Gasteiger partial charge >= 0.3 is 0 Å². The Balaban J connectivity index is 1.42. The molecular formula is C16H20N2O3S. The van der Waals surface area contributed by atoms with E-state index in [9.17, 15) is 9.59 Å². The lowest BCUT2D eigenvalue weighted by molar-refractivity contribution is -0.137. The van der Waals surface area contributed by atoms with Crippen LogP contribution in [0.15, 0.2) is 16.8 Å². The molecule has 3 aliphatic heterocycles. The predicted octanol–water partition coefficient (Wildman–Crippen LogP) is 1.60. The van der Waals surface area contributed by atoms with Crippen LogP contribution in [0.4, 0.5) is 5.69 Å². The normalized spacial score (nSPS) is 29.2. The van der Waals surface area contributed by atoms with Crippen molar-refractivity contribution in [1.82, 2.24) is 4.90 Å². The van der Waals surface area contributed by atoms with Gasteiger partial charge in [0.15, 0.2) is 0 Å². The van der Waals surface area contributed by atoms with Crippen molar-refractivity contribution in [3.05, 3.63) is 16.8 Å². The van der Waals surface area contributed by atoms with Gasteiger partial charge in [0.05, 0.1) is 11.6 Å². The SMILES string of the molecule is O=C(C1CCOCC1)N1C[C@@H]2CN(c3ccsc3)C(=O)[C@@H]2C1. The van der Waals surface area contributed by atoms with Gasteiger partial charge in [0.2, 0.25) is 11.8 Å². The van der Waals surface area contributed by atoms with E-state index in [1.165, 1.54) is 0 Å². The number of carbonyl (C=O) groups is 2. The molecule has 1 aromatic heterocycles. The van der Waals surface area contributed by atoms with Crippen LogP contribution in [-0.4, -0.2) is 49.6 Å². The third kappa shape index (κ3) is 2.34. The van der Waals surface area contributed by atoms with Crippen LogP contribution in [-0.2, 0) is 14.3 Å². The van der Waals surface area contributed by atoms with Crippen LogP contribution in [0, 0.1) is 17.8 Å². The number of rotatable bonds is 2. The monoisotopic (exact) mass is 320 g/mol. The summed E-state index contributed by atoms with van der Waals surface area (Å²) in [6, 6.07) is 1.99. The van der Waals surface area contributed by atoms with Crippen molar-refractivity contribution in [2.45, 2.75) is 12.8 Å². The molecule has 0 bridgehead atoms. The van der Waals surface area contributed by atoms with Crippen LogP contribution in [0.2, 0.25) is 0 Å². The molecule has 3 saturated heterocycles. The summed E-state index contributed by atoms with van der Waals surface area (Å²) in [7, 11) is 0. The van der Waals surface area contributed by atoms with E-state index in [4.69, 9.17) is 4.74 Å². The highest BCUT2D eigenvalue weighted by Gasteiger charge is 2.48. The van der Waals surface area contributed by atoms with Crippen LogP contribution in [0.3, 0.4) is 0 Å². The summed E-state index contributed by atoms with van der Waals surface area (Å²) in [6.07, 6.45) is 1.64. The van der Waals surface area contributed by atoms with E-state index in [0.717, 1.165) is 31.6 Å². The van der Waals surface area contributed by atoms with Crippen molar-refractivity contribution >= 4 is 28.8 Å². The molecule has 6 heteroatoms. The summed E-state index contributed by atoms with van der Waals surface area (Å²) in [4.78, 5) is 29.0. The molecule has 0 aromatic carbocycles. The maximum atomic E-state index is 12.6. The third-order valence-electron chi connectivity index (χ3n) is 5.14. The van der Waals surface area contributed by atoms with Crippen LogP contribution in [0.25, 0.3) is 0 Å². The molecule has 1 aromatic rings. The van der Waals surface area contributed by atoms with Crippen molar-refractivity contribution < 1.29 is 14.3 Å². The highest BCUT2D eigenvalue weighted by Crippen LogP contribution is 2.36. The molecule has 3 aliphatic rings. The lowest BCUT2D eigenvalue weighted by Crippen LogP contribution is -2.40. The lowest BCUT2D eigenvalue weighted by atomic mass is 9.99. The van der Waals surface area contributed by atoms with E-state index < -0.39 is 0 Å². The van der Waals surface area contributed by atoms with Gasteiger partial charge in [-0.2, -0.15) is 11.3 Å². The highest BCUT2D eigenvalue weighted by molar-refractivity contribution is 7.08. The minimum atomic E-state index is -0.0105. The molecule has 0 saturated carbocycles. The van der Waals surface area contributed by atoms with Crippen molar-refractivity contribution in [2.24, 2.45) is 17.8 Å². The van der Waals surface area contributed by atoms with Gasteiger partial charge < -0.3 is 14.5 Å². The second kappa shape index (κ2) is 5.66. The van der Waals surface area contributed by atoms with E-state index in [-0.39, 0.29) is 29.6 Å². The van der Waals surface area contributed by atoms with Crippen molar-refractivity contribution in [1.29, 1.82) is 0 Å². The second-order valence-corrected chi connectivity index (χ2v) is 7.21. The number of carbonyl (C=O) groups excluding carboxylic acids is 2. The van der Waals surface area contributed by atoms with Crippen LogP contribution < -0.4 is 4.90 Å². The summed E-state index contributed by atoms with van der Waals surface area (Å²) in [5.41, 5.74) is 1.01. The van der Waals surface area contributed by atoms with E-state index in [0.29, 0.717) is 19.8 Å². The highest BCUT2D eigenvalue weighted by atomic mass is 32.1. The molecule has 0 spiro atoms. The molecule has 0 radical (unpaired) electrons. The number of nitrogens with zero attached hydrogens (tertiary/aromatic N) is 2. The van der Waals surface area contributed by atoms with Gasteiger partial charge in [-0.1, -0.05) is 0 Å². The summed E-state index contributed by atoms with van der Waals surface area (Å²) in [5.74, 6) is 0.786. The fourth-order valence-electron chi connectivity index (χ4n) is 3.89. The maximum absolute atomic E-state index is 12.6. The zero-order valence-corrected chi connectivity index (χ0v) is 13.3. The van der Waals surface area contributed by atoms with Gasteiger partial charge in [-0.25, -0.2) is 0 Å². The number of thiophene rings is 1. The molecule has 3 fully saturated rings. The Kier molecular flexibility index (Phi) is 3.66. The van der Waals surface area contributed by atoms with Crippen molar-refractivity contribution in [2.75, 3.05) is 37.7 Å². The molecular weight excluding hydrogens is 300 g/mol. The molecule has 4 rings (SSSR count). The van der Waals surface area contributed by atoms with Gasteiger partial charge in [0, 0.05) is 50.1 Å². The fraction of sp³-hybridized carbons (Fsp3) is 0.625. The zero-order chi connectivity index (χ0) is 15.1. The van der Waals surface area contributed by atoms with Crippen LogP contribution >= 0.6 is 11.3 Å². The topological polar surface area (TPSA) is 49.9 Å². The largest absolute Gasteiger partial charge is 0.381 e. The number of hydrogen-bond donors (Lipinski definition) is 0. The van der Waals surface area contributed by atoms with Gasteiger partial charge in [-0.15, -0.1) is 0 Å². The second-order valence-electron chi connectivity index (χ2n) is 6.43. The Labute approximate surface area is 133 Å². The molecule has 0 unspecified atom stereocenters. The standard InChI is InChI=1S/C16H20N2O3S/c19-15(11-1-4-21-5-2-11)17-7-12-8-18(13-3-6-22-10-13)16(20)14(12)9-17/h3,6,10-12,14H,1-2,4-5,7-9H2/t12-,14-/m1/s1. The first-order valence-corrected chi connectivity index (χ1v) is 8.88. The Bertz CT molecular complexity index is 568. The van der Waals surface area contributed by atoms with Gasteiger partial charge in [-0.05, 0) is 24.3 Å². The maximum Gasteiger partial charge on any atom is 0.232 e. The summed E-state index contributed by atoms with van der Waals surface area (Å²) >= 11 is 1.61. The zero-order valence-electron chi connectivity index (χ0n) is 12.4. The first kappa shape index (κ1) is 14.2. The fourth-order valence-corrected chi connectivity index (χ4v) is 4.53. The molecule has 118 valence electrons. The Morgan fingerprint density at radius 2 is 2.05 bits per heavy atom. The Morgan fingerprint density at radius 3 is 2.73 bits per heavy atom. The van der Waals surface area contributed by atoms with E-state index >= 15 is 0 Å². The van der Waals surface area contributed by atoms with Crippen molar-refractivity contribution in [3.8, 4) is 0 Å². The Hall–Kier alpha value is -1.40. The summed E-state index contributed by atoms with van der Waals surface area (Å²) in [5, 5.41) is 4.02. The first-order chi connectivity index (χ1) is 10.7. The molecule has 5 nitrogen and oxygen atoms in total. The molecule has 0 N–H and O–H groups in total. The molecule has 2 atom stereocenters. The van der Waals surface area contributed by atoms with Crippen molar-refractivity contribution in [3.63, 3.8) is 0 Å². The average Bonchev–Trinajstić information content (AvgIpc) is 3.25. The number of anilines is 1. The lowest BCUT2D eigenvalue weighted by Gasteiger charge is -2.27. The minimum absolute atomic E-state index is 0.0105. The third-order valence-corrected chi connectivity index (χ3v) is 5.81. The van der Waals surface area contributed by atoms with Crippen LogP contribution in [0.5, 0.6) is 0 Å². The van der Waals surface area contributed by atoms with Crippen LogP contribution in [0.1, 0.15) is 12.8 Å². The van der Waals surface area contributed by atoms with E-state index in [2.05, 4.69) is 0 Å². The molecule has 0 aliphatic carbocycles. The summed E-state index contributed by atoms with van der Waals surface area (Å²) in [6.45, 7) is 3.44. The number of ether oxygens (including phenoxy) is 1. The van der Waals surface area contributed by atoms with Gasteiger partial charge in [0.25, 0.3) is 0 Å². The number of hydrogen-bond acceptors (Lipinski definition) is 4. The van der Waals surface area contributed by atoms with Gasteiger partial charge in [0.1, 0.15) is 0 Å². The average molecular weight is 320 g/mol. The van der Waals surface area contributed by atoms with E-state index in [1.54, 1.807) is 11.3 Å².